The van der Waals surface area contributed by atoms with E-state index >= 15 is 0 Å². The number of aryl methyl sites for hydroxylation is 2. The number of H-pyrrole nitrogens is 1. The molecule has 7 nitrogen and oxygen atoms in total. The van der Waals surface area contributed by atoms with Gasteiger partial charge in [0.05, 0.1) is 11.4 Å². The number of rotatable bonds is 3. The largest absolute Gasteiger partial charge is 0.366 e. The molecule has 3 aromatic rings. The van der Waals surface area contributed by atoms with E-state index in [0.29, 0.717) is 12.2 Å². The molecule has 4 N–H and O–H groups in total. The second-order valence-corrected chi connectivity index (χ2v) is 5.90. The van der Waals surface area contributed by atoms with Gasteiger partial charge >= 0.3 is 0 Å². The molecule has 7 heteroatoms. The summed E-state index contributed by atoms with van der Waals surface area (Å²) in [5.41, 5.74) is 7.72. The number of hydrogen-bond acceptors (Lipinski definition) is 4. The number of carbonyl (C=O) groups is 1. The molecule has 0 spiro atoms. The highest BCUT2D eigenvalue weighted by Gasteiger charge is 2.44. The smallest absolute Gasteiger partial charge is 0.272 e. The van der Waals surface area contributed by atoms with Gasteiger partial charge in [-0.25, -0.2) is 4.99 Å². The number of aromatic amines is 1. The number of hydrogen-bond donors (Lipinski definition) is 3. The van der Waals surface area contributed by atoms with Gasteiger partial charge in [0, 0.05) is 29.2 Å². The number of aliphatic imine (C=N–C) groups is 1. The lowest BCUT2D eigenvalue weighted by molar-refractivity contribution is -0.122. The Kier molecular flexibility index (Phi) is 2.99. The van der Waals surface area contributed by atoms with Crippen molar-refractivity contribution in [1.82, 2.24) is 14.8 Å². The average Bonchev–Trinajstić information content (AvgIpc) is 3.13. The molecule has 3 heterocycles. The zero-order valence-electron chi connectivity index (χ0n) is 13.5. The first-order valence-electron chi connectivity index (χ1n) is 7.84. The minimum atomic E-state index is -1.37. The van der Waals surface area contributed by atoms with E-state index in [1.165, 1.54) is 0 Å². The number of amides is 1. The number of nitrogens with two attached hydrogens (primary N) is 1. The van der Waals surface area contributed by atoms with Crippen molar-refractivity contribution in [2.45, 2.75) is 26.1 Å². The van der Waals surface area contributed by atoms with Crippen LogP contribution >= 0.6 is 0 Å². The van der Waals surface area contributed by atoms with Gasteiger partial charge in [0.15, 0.2) is 0 Å². The molecule has 0 fully saturated rings. The molecule has 0 saturated heterocycles. The van der Waals surface area contributed by atoms with Crippen molar-refractivity contribution >= 4 is 28.8 Å². The molecule has 1 unspecified atom stereocenters. The van der Waals surface area contributed by atoms with Crippen LogP contribution in [0.2, 0.25) is 0 Å². The van der Waals surface area contributed by atoms with Crippen molar-refractivity contribution in [2.24, 2.45) is 10.7 Å². The van der Waals surface area contributed by atoms with Crippen LogP contribution in [0.15, 0.2) is 35.3 Å². The molecule has 0 saturated carbocycles. The lowest BCUT2D eigenvalue weighted by Gasteiger charge is -2.31. The van der Waals surface area contributed by atoms with Gasteiger partial charge in [-0.05, 0) is 26.0 Å². The summed E-state index contributed by atoms with van der Waals surface area (Å²) in [5.74, 6) is 0.157. The standard InChI is InChI=1S/C17H18N6O/c1-3-23-14(8-10(2)22-23)17(16(18)24)19-9-12-11-6-4-5-7-13(11)20-15(12)21-17/h4-9,20-21H,3H2,1-2H3,(H2,18,24). The Morgan fingerprint density at radius 1 is 1.38 bits per heavy atom. The SMILES string of the molecule is CCn1nc(C)cc1C1(C(N)=O)N=Cc2c([nH]c3ccccc23)N1. The summed E-state index contributed by atoms with van der Waals surface area (Å²) in [6.07, 6.45) is 1.71. The highest BCUT2D eigenvalue weighted by Crippen LogP contribution is 2.36. The van der Waals surface area contributed by atoms with Crippen LogP contribution in [0.3, 0.4) is 0 Å². The Labute approximate surface area is 138 Å². The van der Waals surface area contributed by atoms with Gasteiger partial charge < -0.3 is 16.0 Å². The summed E-state index contributed by atoms with van der Waals surface area (Å²) in [4.78, 5) is 20.2. The third kappa shape index (κ3) is 1.87. The topological polar surface area (TPSA) is 101 Å². The third-order valence-electron chi connectivity index (χ3n) is 4.37. The zero-order chi connectivity index (χ0) is 16.9. The van der Waals surface area contributed by atoms with Gasteiger partial charge in [-0.3, -0.25) is 9.48 Å². The number of fused-ring (bicyclic) bond motifs is 3. The van der Waals surface area contributed by atoms with E-state index in [9.17, 15) is 4.79 Å². The Morgan fingerprint density at radius 3 is 2.92 bits per heavy atom. The molecule has 1 amide bonds. The van der Waals surface area contributed by atoms with Gasteiger partial charge in [0.25, 0.3) is 11.6 Å². The van der Waals surface area contributed by atoms with Crippen molar-refractivity contribution in [2.75, 3.05) is 5.32 Å². The number of primary amides is 1. The van der Waals surface area contributed by atoms with Gasteiger partial charge in [0.2, 0.25) is 0 Å². The summed E-state index contributed by atoms with van der Waals surface area (Å²) in [5, 5.41) is 8.67. The molecule has 1 aliphatic rings. The maximum Gasteiger partial charge on any atom is 0.272 e. The van der Waals surface area contributed by atoms with E-state index in [2.05, 4.69) is 20.4 Å². The molecule has 1 aromatic carbocycles. The molecule has 0 bridgehead atoms. The highest BCUT2D eigenvalue weighted by atomic mass is 16.2. The van der Waals surface area contributed by atoms with E-state index in [4.69, 9.17) is 5.73 Å². The summed E-state index contributed by atoms with van der Waals surface area (Å²) < 4.78 is 1.75. The Balaban J connectivity index is 1.92. The van der Waals surface area contributed by atoms with Crippen molar-refractivity contribution in [3.8, 4) is 0 Å². The van der Waals surface area contributed by atoms with Crippen LogP contribution in [0.5, 0.6) is 0 Å². The lowest BCUT2D eigenvalue weighted by atomic mass is 10.0. The summed E-state index contributed by atoms with van der Waals surface area (Å²) in [6, 6.07) is 9.76. The fourth-order valence-electron chi connectivity index (χ4n) is 3.23. The Morgan fingerprint density at radius 2 is 2.17 bits per heavy atom. The molecule has 0 aliphatic carbocycles. The first-order chi connectivity index (χ1) is 11.5. The number of nitrogens with zero attached hydrogens (tertiary/aromatic N) is 3. The summed E-state index contributed by atoms with van der Waals surface area (Å²) in [6.45, 7) is 4.46. The predicted molar refractivity (Wildman–Crippen MR) is 93.0 cm³/mol. The van der Waals surface area contributed by atoms with E-state index < -0.39 is 11.6 Å². The van der Waals surface area contributed by atoms with Gasteiger partial charge in [0.1, 0.15) is 5.82 Å². The van der Waals surface area contributed by atoms with Gasteiger partial charge in [-0.1, -0.05) is 18.2 Å². The first kappa shape index (κ1) is 14.5. The minimum absolute atomic E-state index is 0.572. The van der Waals surface area contributed by atoms with Gasteiger partial charge in [-0.15, -0.1) is 0 Å². The number of para-hydroxylation sites is 1. The molecule has 4 rings (SSSR count). The molecule has 1 aliphatic heterocycles. The first-order valence-corrected chi connectivity index (χ1v) is 7.84. The second kappa shape index (κ2) is 4.95. The van der Waals surface area contributed by atoms with Crippen LogP contribution in [-0.4, -0.2) is 26.9 Å². The van der Waals surface area contributed by atoms with Crippen molar-refractivity contribution in [1.29, 1.82) is 0 Å². The zero-order valence-corrected chi connectivity index (χ0v) is 13.5. The van der Waals surface area contributed by atoms with E-state index in [-0.39, 0.29) is 0 Å². The number of aromatic nitrogens is 3. The van der Waals surface area contributed by atoms with Crippen LogP contribution in [0, 0.1) is 6.92 Å². The van der Waals surface area contributed by atoms with Crippen LogP contribution in [-0.2, 0) is 17.0 Å². The van der Waals surface area contributed by atoms with Gasteiger partial charge in [-0.2, -0.15) is 5.10 Å². The Hall–Kier alpha value is -3.09. The quantitative estimate of drug-likeness (QED) is 0.686. The minimum Gasteiger partial charge on any atom is -0.366 e. The number of nitrogens with one attached hydrogen (secondary N) is 2. The number of anilines is 1. The molecular formula is C17H18N6O. The van der Waals surface area contributed by atoms with E-state index in [0.717, 1.165) is 28.0 Å². The van der Waals surface area contributed by atoms with E-state index in [1.54, 1.807) is 10.9 Å². The molecule has 24 heavy (non-hydrogen) atoms. The molecule has 0 radical (unpaired) electrons. The van der Waals surface area contributed by atoms with Crippen LogP contribution in [0.4, 0.5) is 5.82 Å². The molecular weight excluding hydrogens is 304 g/mol. The van der Waals surface area contributed by atoms with Crippen LogP contribution in [0.25, 0.3) is 10.9 Å². The number of benzene rings is 1. The second-order valence-electron chi connectivity index (χ2n) is 5.90. The van der Waals surface area contributed by atoms with Crippen LogP contribution < -0.4 is 11.1 Å². The summed E-state index contributed by atoms with van der Waals surface area (Å²) in [7, 11) is 0. The maximum absolute atomic E-state index is 12.4. The maximum atomic E-state index is 12.4. The predicted octanol–water partition coefficient (Wildman–Crippen LogP) is 1.88. The van der Waals surface area contributed by atoms with Crippen molar-refractivity contribution < 1.29 is 4.79 Å². The molecule has 2 aromatic heterocycles. The molecule has 122 valence electrons. The van der Waals surface area contributed by atoms with Crippen molar-refractivity contribution in [3.05, 3.63) is 47.3 Å². The monoisotopic (exact) mass is 322 g/mol. The van der Waals surface area contributed by atoms with Crippen LogP contribution in [0.1, 0.15) is 23.9 Å². The lowest BCUT2D eigenvalue weighted by Crippen LogP contribution is -2.49. The van der Waals surface area contributed by atoms with E-state index in [1.807, 2.05) is 44.2 Å². The molecule has 1 atom stereocenters. The Bertz CT molecular complexity index is 982. The normalized spacial score (nSPS) is 19.2. The number of carbonyl (C=O) groups excluding carboxylic acids is 1. The fraction of sp³-hybridized carbons (Fsp3) is 0.235. The fourth-order valence-corrected chi connectivity index (χ4v) is 3.23. The average molecular weight is 322 g/mol. The highest BCUT2D eigenvalue weighted by molar-refractivity contribution is 6.08. The third-order valence-corrected chi connectivity index (χ3v) is 4.37. The van der Waals surface area contributed by atoms with Crippen molar-refractivity contribution in [3.63, 3.8) is 0 Å². The summed E-state index contributed by atoms with van der Waals surface area (Å²) >= 11 is 0.